The van der Waals surface area contributed by atoms with Crippen molar-refractivity contribution in [1.82, 2.24) is 0 Å². The summed E-state index contributed by atoms with van der Waals surface area (Å²) in [5.41, 5.74) is -0.367. The van der Waals surface area contributed by atoms with Crippen molar-refractivity contribution in [2.75, 3.05) is 16.4 Å². The summed E-state index contributed by atoms with van der Waals surface area (Å²) in [6, 6.07) is 4.09. The highest BCUT2D eigenvalue weighted by Gasteiger charge is 2.49. The van der Waals surface area contributed by atoms with Gasteiger partial charge in [-0.25, -0.2) is 8.42 Å². The van der Waals surface area contributed by atoms with Crippen LogP contribution in [0.5, 0.6) is 0 Å². The number of nitrogens with zero attached hydrogens (tertiary/aromatic N) is 2. The van der Waals surface area contributed by atoms with Crippen LogP contribution in [0.2, 0.25) is 0 Å². The number of halogens is 3. The molecule has 140 valence electrons. The van der Waals surface area contributed by atoms with E-state index in [-0.39, 0.29) is 28.6 Å². The zero-order valence-corrected chi connectivity index (χ0v) is 15.1. The third kappa shape index (κ3) is 3.36. The maximum absolute atomic E-state index is 12.8. The third-order valence-electron chi connectivity index (χ3n) is 4.67. The first-order valence-electron chi connectivity index (χ1n) is 8.10. The van der Waals surface area contributed by atoms with Gasteiger partial charge in [0.2, 0.25) is 0 Å². The molecule has 2 atom stereocenters. The number of amidine groups is 1. The molecule has 1 aliphatic carbocycles. The zero-order chi connectivity index (χ0) is 18.7. The van der Waals surface area contributed by atoms with Crippen molar-refractivity contribution < 1.29 is 26.4 Å². The lowest BCUT2D eigenvalue weighted by atomic mass is 10.1. The Balaban J connectivity index is 1.69. The van der Waals surface area contributed by atoms with Crippen LogP contribution >= 0.6 is 11.8 Å². The van der Waals surface area contributed by atoms with E-state index >= 15 is 0 Å². The summed E-state index contributed by atoms with van der Waals surface area (Å²) < 4.78 is 62.3. The number of aliphatic imine (C=N–C) groups is 1. The summed E-state index contributed by atoms with van der Waals surface area (Å²) in [5.74, 6) is -0.438. The van der Waals surface area contributed by atoms with Gasteiger partial charge >= 0.3 is 6.18 Å². The second-order valence-corrected chi connectivity index (χ2v) is 10.1. The third-order valence-corrected chi connectivity index (χ3v) is 7.88. The number of hydrogen-bond donors (Lipinski definition) is 0. The highest BCUT2D eigenvalue weighted by molar-refractivity contribution is 8.16. The van der Waals surface area contributed by atoms with Crippen molar-refractivity contribution >= 4 is 38.4 Å². The van der Waals surface area contributed by atoms with E-state index in [9.17, 15) is 26.4 Å². The molecular weight excluding hydrogens is 389 g/mol. The van der Waals surface area contributed by atoms with Crippen molar-refractivity contribution in [2.45, 2.75) is 30.3 Å². The lowest BCUT2D eigenvalue weighted by Gasteiger charge is -2.24. The SMILES string of the molecule is O=C(N=C1S[C@H]2CS(=O)(=O)C[C@H]2N1c1ccc(C(F)(F)F)cc1)C1CC1. The number of carbonyl (C=O) groups excluding carboxylic acids is 1. The van der Waals surface area contributed by atoms with Crippen LogP contribution in [-0.2, 0) is 20.8 Å². The molecule has 0 N–H and O–H groups in total. The molecule has 2 aliphatic heterocycles. The highest BCUT2D eigenvalue weighted by atomic mass is 32.2. The minimum atomic E-state index is -4.45. The standard InChI is InChI=1S/C16H15F3N2O3S2/c17-16(18,19)10-3-5-11(6-4-10)21-12-7-26(23,24)8-13(12)25-15(21)20-14(22)9-1-2-9/h3-6,9,12-13H,1-2,7-8H2/t12-,13+/m1/s1. The first kappa shape index (κ1) is 17.8. The van der Waals surface area contributed by atoms with Crippen molar-refractivity contribution in [3.63, 3.8) is 0 Å². The van der Waals surface area contributed by atoms with Gasteiger partial charge in [-0.3, -0.25) is 4.79 Å². The van der Waals surface area contributed by atoms with E-state index in [0.29, 0.717) is 10.9 Å². The Bertz CT molecular complexity index is 877. The van der Waals surface area contributed by atoms with Crippen LogP contribution in [0.15, 0.2) is 29.3 Å². The number of benzene rings is 1. The van der Waals surface area contributed by atoms with Gasteiger partial charge in [-0.05, 0) is 37.1 Å². The van der Waals surface area contributed by atoms with Gasteiger partial charge in [0.1, 0.15) is 0 Å². The molecule has 0 bridgehead atoms. The van der Waals surface area contributed by atoms with Crippen LogP contribution in [-0.4, -0.2) is 42.3 Å². The number of anilines is 1. The van der Waals surface area contributed by atoms with E-state index in [1.165, 1.54) is 23.9 Å². The molecule has 3 aliphatic rings. The molecule has 26 heavy (non-hydrogen) atoms. The predicted molar refractivity (Wildman–Crippen MR) is 92.9 cm³/mol. The Morgan fingerprint density at radius 2 is 1.81 bits per heavy atom. The normalized spacial score (nSPS) is 29.2. The Morgan fingerprint density at radius 3 is 2.38 bits per heavy atom. The molecule has 1 aromatic carbocycles. The van der Waals surface area contributed by atoms with Gasteiger partial charge in [-0.15, -0.1) is 0 Å². The fraction of sp³-hybridized carbons (Fsp3) is 0.500. The number of hydrogen-bond acceptors (Lipinski definition) is 4. The van der Waals surface area contributed by atoms with Crippen LogP contribution in [0, 0.1) is 5.92 Å². The van der Waals surface area contributed by atoms with E-state index in [1.54, 1.807) is 4.90 Å². The average molecular weight is 404 g/mol. The molecule has 2 heterocycles. The number of rotatable bonds is 2. The van der Waals surface area contributed by atoms with Crippen LogP contribution in [0.3, 0.4) is 0 Å². The average Bonchev–Trinajstić information content (AvgIpc) is 3.27. The summed E-state index contributed by atoms with van der Waals surface area (Å²) in [7, 11) is -3.22. The lowest BCUT2D eigenvalue weighted by molar-refractivity contribution is -0.137. The van der Waals surface area contributed by atoms with E-state index in [4.69, 9.17) is 0 Å². The molecule has 1 aromatic rings. The van der Waals surface area contributed by atoms with Gasteiger partial charge < -0.3 is 4.90 Å². The maximum atomic E-state index is 12.8. The smallest absolute Gasteiger partial charge is 0.316 e. The zero-order valence-electron chi connectivity index (χ0n) is 13.4. The van der Waals surface area contributed by atoms with Crippen LogP contribution in [0.1, 0.15) is 18.4 Å². The monoisotopic (exact) mass is 404 g/mol. The van der Waals surface area contributed by atoms with E-state index in [1.807, 2.05) is 0 Å². The largest absolute Gasteiger partial charge is 0.416 e. The van der Waals surface area contributed by atoms with Crippen molar-refractivity contribution in [3.8, 4) is 0 Å². The van der Waals surface area contributed by atoms with E-state index in [2.05, 4.69) is 4.99 Å². The van der Waals surface area contributed by atoms with E-state index in [0.717, 1.165) is 25.0 Å². The van der Waals surface area contributed by atoms with Crippen LogP contribution in [0.4, 0.5) is 18.9 Å². The molecule has 2 saturated heterocycles. The van der Waals surface area contributed by atoms with Gasteiger partial charge in [0, 0.05) is 16.9 Å². The second kappa shape index (κ2) is 5.98. The minimum absolute atomic E-state index is 0.0178. The number of fused-ring (bicyclic) bond motifs is 1. The van der Waals surface area contributed by atoms with Gasteiger partial charge in [0.25, 0.3) is 5.91 Å². The quantitative estimate of drug-likeness (QED) is 0.758. The van der Waals surface area contributed by atoms with Crippen molar-refractivity contribution in [3.05, 3.63) is 29.8 Å². The minimum Gasteiger partial charge on any atom is -0.316 e. The van der Waals surface area contributed by atoms with Crippen LogP contribution in [0.25, 0.3) is 0 Å². The molecule has 10 heteroatoms. The van der Waals surface area contributed by atoms with Gasteiger partial charge in [0.05, 0.1) is 23.1 Å². The molecule has 4 rings (SSSR count). The summed E-state index contributed by atoms with van der Waals surface area (Å²) in [5, 5.41) is 0.111. The molecular formula is C16H15F3N2O3S2. The predicted octanol–water partition coefficient (Wildman–Crippen LogP) is 2.72. The number of sulfone groups is 1. The Morgan fingerprint density at radius 1 is 1.15 bits per heavy atom. The first-order chi connectivity index (χ1) is 12.1. The van der Waals surface area contributed by atoms with Crippen molar-refractivity contribution in [2.24, 2.45) is 10.9 Å². The molecule has 1 amide bonds. The Hall–Kier alpha value is -1.55. The Kier molecular flexibility index (Phi) is 4.11. The number of carbonyl (C=O) groups is 1. The molecule has 0 radical (unpaired) electrons. The van der Waals surface area contributed by atoms with Crippen molar-refractivity contribution in [1.29, 1.82) is 0 Å². The highest BCUT2D eigenvalue weighted by Crippen LogP contribution is 2.42. The summed E-state index contributed by atoms with van der Waals surface area (Å²) in [4.78, 5) is 17.8. The fourth-order valence-corrected chi connectivity index (χ4v) is 7.11. The van der Waals surface area contributed by atoms with Gasteiger partial charge in [-0.1, -0.05) is 11.8 Å². The number of thioether (sulfide) groups is 1. The summed E-state index contributed by atoms with van der Waals surface area (Å²) in [6.07, 6.45) is -2.86. The number of alkyl halides is 3. The second-order valence-electron chi connectivity index (χ2n) is 6.72. The maximum Gasteiger partial charge on any atom is 0.416 e. The molecule has 0 unspecified atom stereocenters. The molecule has 3 fully saturated rings. The van der Waals surface area contributed by atoms with Gasteiger partial charge in [-0.2, -0.15) is 18.2 Å². The van der Waals surface area contributed by atoms with Crippen LogP contribution < -0.4 is 4.90 Å². The topological polar surface area (TPSA) is 66.8 Å². The molecule has 1 saturated carbocycles. The first-order valence-corrected chi connectivity index (χ1v) is 10.8. The number of amides is 1. The Labute approximate surface area is 152 Å². The lowest BCUT2D eigenvalue weighted by Crippen LogP contribution is -2.37. The van der Waals surface area contributed by atoms with Gasteiger partial charge in [0.15, 0.2) is 15.0 Å². The molecule has 0 spiro atoms. The molecule has 0 aromatic heterocycles. The van der Waals surface area contributed by atoms with E-state index < -0.39 is 27.6 Å². The summed E-state index contributed by atoms with van der Waals surface area (Å²) >= 11 is 1.22. The summed E-state index contributed by atoms with van der Waals surface area (Å²) in [6.45, 7) is 0. The molecule has 5 nitrogen and oxygen atoms in total. The fourth-order valence-electron chi connectivity index (χ4n) is 3.19.